The van der Waals surface area contributed by atoms with Crippen molar-refractivity contribution in [1.82, 2.24) is 9.29 Å². The molecule has 0 saturated carbocycles. The summed E-state index contributed by atoms with van der Waals surface area (Å²) in [6.45, 7) is 6.74. The van der Waals surface area contributed by atoms with E-state index in [9.17, 15) is 8.42 Å². The fraction of sp³-hybridized carbons (Fsp3) is 0.471. The van der Waals surface area contributed by atoms with Gasteiger partial charge in [-0.3, -0.25) is 4.98 Å². The second kappa shape index (κ2) is 7.21. The van der Waals surface area contributed by atoms with Crippen LogP contribution in [0, 0.1) is 6.92 Å². The first-order chi connectivity index (χ1) is 11.5. The third kappa shape index (κ3) is 3.48. The number of aromatic nitrogens is 1. The van der Waals surface area contributed by atoms with E-state index in [0.29, 0.717) is 23.8 Å². The molecule has 2 aromatic heterocycles. The molecule has 1 aliphatic heterocycles. The first kappa shape index (κ1) is 17.4. The van der Waals surface area contributed by atoms with Gasteiger partial charge < -0.3 is 4.90 Å². The molecule has 24 heavy (non-hydrogen) atoms. The fourth-order valence-corrected chi connectivity index (χ4v) is 5.93. The number of hydrogen-bond acceptors (Lipinski definition) is 5. The molecule has 7 heteroatoms. The van der Waals surface area contributed by atoms with Crippen molar-refractivity contribution in [2.45, 2.75) is 30.9 Å². The molecule has 0 aliphatic carbocycles. The van der Waals surface area contributed by atoms with Crippen LogP contribution in [0.1, 0.15) is 23.8 Å². The molecule has 0 amide bonds. The number of rotatable bonds is 4. The van der Waals surface area contributed by atoms with Crippen LogP contribution in [0.3, 0.4) is 0 Å². The van der Waals surface area contributed by atoms with Crippen LogP contribution >= 0.6 is 11.3 Å². The van der Waals surface area contributed by atoms with E-state index in [1.165, 1.54) is 11.3 Å². The maximum atomic E-state index is 12.9. The van der Waals surface area contributed by atoms with Crippen molar-refractivity contribution in [2.75, 3.05) is 31.1 Å². The molecule has 0 unspecified atom stereocenters. The van der Waals surface area contributed by atoms with Crippen molar-refractivity contribution >= 4 is 27.0 Å². The van der Waals surface area contributed by atoms with E-state index in [2.05, 4.69) is 9.88 Å². The van der Waals surface area contributed by atoms with Gasteiger partial charge in [-0.25, -0.2) is 8.42 Å². The first-order valence-electron chi connectivity index (χ1n) is 8.27. The predicted molar refractivity (Wildman–Crippen MR) is 98.3 cm³/mol. The molecule has 5 nitrogen and oxygen atoms in total. The van der Waals surface area contributed by atoms with Gasteiger partial charge in [0.25, 0.3) is 10.0 Å². The van der Waals surface area contributed by atoms with Crippen molar-refractivity contribution in [3.05, 3.63) is 41.0 Å². The topological polar surface area (TPSA) is 53.5 Å². The van der Waals surface area contributed by atoms with Crippen LogP contribution in [0.4, 0.5) is 5.69 Å². The fourth-order valence-electron chi connectivity index (χ4n) is 3.01. The lowest BCUT2D eigenvalue weighted by molar-refractivity contribution is 0.434. The number of sulfonamides is 1. The van der Waals surface area contributed by atoms with Crippen LogP contribution < -0.4 is 4.90 Å². The van der Waals surface area contributed by atoms with E-state index < -0.39 is 10.0 Å². The van der Waals surface area contributed by atoms with Crippen molar-refractivity contribution in [2.24, 2.45) is 0 Å². The minimum Gasteiger partial charge on any atom is -0.370 e. The van der Waals surface area contributed by atoms with Crippen LogP contribution in [0.15, 0.2) is 34.8 Å². The van der Waals surface area contributed by atoms with Gasteiger partial charge in [0.1, 0.15) is 4.21 Å². The van der Waals surface area contributed by atoms with Gasteiger partial charge in [-0.1, -0.05) is 6.92 Å². The normalized spacial score (nSPS) is 17.0. The molecule has 1 aliphatic rings. The quantitative estimate of drug-likeness (QED) is 0.836. The molecule has 1 fully saturated rings. The van der Waals surface area contributed by atoms with E-state index in [4.69, 9.17) is 0 Å². The molecule has 3 rings (SSSR count). The van der Waals surface area contributed by atoms with Crippen LogP contribution in [-0.2, 0) is 16.4 Å². The largest absolute Gasteiger partial charge is 0.370 e. The second-order valence-electron chi connectivity index (χ2n) is 5.98. The van der Waals surface area contributed by atoms with Gasteiger partial charge in [-0.15, -0.1) is 11.3 Å². The molecule has 0 atom stereocenters. The molecule has 3 heterocycles. The van der Waals surface area contributed by atoms with E-state index >= 15 is 0 Å². The average molecular weight is 366 g/mol. The first-order valence-corrected chi connectivity index (χ1v) is 10.5. The van der Waals surface area contributed by atoms with Crippen LogP contribution in [0.25, 0.3) is 0 Å². The molecule has 0 radical (unpaired) electrons. The van der Waals surface area contributed by atoms with Crippen LogP contribution in [-0.4, -0.2) is 43.9 Å². The van der Waals surface area contributed by atoms with Crippen molar-refractivity contribution < 1.29 is 8.42 Å². The Morgan fingerprint density at radius 1 is 1.17 bits per heavy atom. The maximum absolute atomic E-state index is 12.9. The second-order valence-corrected chi connectivity index (χ2v) is 9.31. The van der Waals surface area contributed by atoms with Crippen molar-refractivity contribution in [3.8, 4) is 0 Å². The SMILES string of the molecule is CCc1ccc(S(=O)(=O)N2CCCN(c3ccncc3C)CC2)s1. The number of anilines is 1. The molecule has 0 N–H and O–H groups in total. The summed E-state index contributed by atoms with van der Waals surface area (Å²) in [4.78, 5) is 7.51. The maximum Gasteiger partial charge on any atom is 0.252 e. The Morgan fingerprint density at radius 3 is 2.71 bits per heavy atom. The van der Waals surface area contributed by atoms with Gasteiger partial charge >= 0.3 is 0 Å². The summed E-state index contributed by atoms with van der Waals surface area (Å²) < 4.78 is 27.9. The standard InChI is InChI=1S/C17H23N3O2S2/c1-3-15-5-6-17(23-15)24(21,22)20-10-4-9-19(11-12-20)16-7-8-18-13-14(16)2/h5-8,13H,3-4,9-12H2,1-2H3. The number of aryl methyl sites for hydroxylation is 2. The third-order valence-corrected chi connectivity index (χ3v) is 7.96. The number of nitrogens with zero attached hydrogens (tertiary/aromatic N) is 3. The van der Waals surface area contributed by atoms with Crippen LogP contribution in [0.5, 0.6) is 0 Å². The number of thiophene rings is 1. The monoisotopic (exact) mass is 365 g/mol. The predicted octanol–water partition coefficient (Wildman–Crippen LogP) is 2.91. The summed E-state index contributed by atoms with van der Waals surface area (Å²) >= 11 is 1.39. The Morgan fingerprint density at radius 2 is 2.00 bits per heavy atom. The van der Waals surface area contributed by atoms with Gasteiger partial charge in [0.15, 0.2) is 0 Å². The lowest BCUT2D eigenvalue weighted by Gasteiger charge is -2.24. The minimum absolute atomic E-state index is 0.466. The average Bonchev–Trinajstić information content (AvgIpc) is 2.93. The van der Waals surface area contributed by atoms with Crippen molar-refractivity contribution in [3.63, 3.8) is 0 Å². The zero-order chi connectivity index (χ0) is 17.2. The smallest absolute Gasteiger partial charge is 0.252 e. The summed E-state index contributed by atoms with van der Waals surface area (Å²) in [5, 5.41) is 0. The Balaban J connectivity index is 1.76. The molecule has 0 aromatic carbocycles. The number of pyridine rings is 1. The van der Waals surface area contributed by atoms with E-state index in [1.807, 2.05) is 32.2 Å². The van der Waals surface area contributed by atoms with E-state index in [-0.39, 0.29) is 0 Å². The molecular weight excluding hydrogens is 342 g/mol. The van der Waals surface area contributed by atoms with Gasteiger partial charge in [-0.2, -0.15) is 4.31 Å². The van der Waals surface area contributed by atoms with Gasteiger partial charge in [0.2, 0.25) is 0 Å². The minimum atomic E-state index is -3.38. The molecule has 0 bridgehead atoms. The Bertz CT molecular complexity index is 802. The zero-order valence-corrected chi connectivity index (χ0v) is 15.7. The lowest BCUT2D eigenvalue weighted by Crippen LogP contribution is -2.35. The highest BCUT2D eigenvalue weighted by Crippen LogP contribution is 2.27. The molecular formula is C17H23N3O2S2. The zero-order valence-electron chi connectivity index (χ0n) is 14.1. The highest BCUT2D eigenvalue weighted by Gasteiger charge is 2.28. The third-order valence-electron chi connectivity index (χ3n) is 4.37. The van der Waals surface area contributed by atoms with Gasteiger partial charge in [0.05, 0.1) is 0 Å². The highest BCUT2D eigenvalue weighted by atomic mass is 32.2. The molecule has 2 aromatic rings. The van der Waals surface area contributed by atoms with E-state index in [1.54, 1.807) is 16.6 Å². The number of hydrogen-bond donors (Lipinski definition) is 0. The van der Waals surface area contributed by atoms with Crippen molar-refractivity contribution in [1.29, 1.82) is 0 Å². The molecule has 1 saturated heterocycles. The summed E-state index contributed by atoms with van der Waals surface area (Å²) in [7, 11) is -3.38. The lowest BCUT2D eigenvalue weighted by atomic mass is 10.2. The van der Waals surface area contributed by atoms with Gasteiger partial charge in [0, 0.05) is 49.1 Å². The summed E-state index contributed by atoms with van der Waals surface area (Å²) in [5.74, 6) is 0. The Hall–Kier alpha value is -1.44. The highest BCUT2D eigenvalue weighted by molar-refractivity contribution is 7.91. The molecule has 130 valence electrons. The molecule has 0 spiro atoms. The summed E-state index contributed by atoms with van der Waals surface area (Å²) in [5.41, 5.74) is 2.27. The Kier molecular flexibility index (Phi) is 5.22. The van der Waals surface area contributed by atoms with Gasteiger partial charge in [-0.05, 0) is 43.5 Å². The summed E-state index contributed by atoms with van der Waals surface area (Å²) in [6, 6.07) is 5.67. The van der Waals surface area contributed by atoms with Crippen LogP contribution in [0.2, 0.25) is 0 Å². The Labute approximate surface area is 148 Å². The van der Waals surface area contributed by atoms with E-state index in [0.717, 1.165) is 35.5 Å². The summed E-state index contributed by atoms with van der Waals surface area (Å²) in [6.07, 6.45) is 5.34.